The molecule has 2 aromatic carbocycles. The molecule has 0 radical (unpaired) electrons. The van der Waals surface area contributed by atoms with Crippen LogP contribution < -0.4 is 0 Å². The zero-order chi connectivity index (χ0) is 18.2. The van der Waals surface area contributed by atoms with E-state index in [1.54, 1.807) is 36.6 Å². The summed E-state index contributed by atoms with van der Waals surface area (Å²) >= 11 is 0. The van der Waals surface area contributed by atoms with Crippen LogP contribution >= 0.6 is 0 Å². The number of hydrogen-bond acceptors (Lipinski definition) is 5. The molecule has 0 bridgehead atoms. The number of nitro benzene ring substituents is 1. The molecule has 0 amide bonds. The van der Waals surface area contributed by atoms with Gasteiger partial charge in [0.25, 0.3) is 5.69 Å². The van der Waals surface area contributed by atoms with Gasteiger partial charge in [-0.25, -0.2) is 0 Å². The van der Waals surface area contributed by atoms with Crippen molar-refractivity contribution in [2.45, 2.75) is 6.54 Å². The van der Waals surface area contributed by atoms with Gasteiger partial charge in [-0.15, -0.1) is 0 Å². The van der Waals surface area contributed by atoms with Crippen LogP contribution in [0.25, 0.3) is 6.08 Å². The highest BCUT2D eigenvalue weighted by atomic mass is 16.6. The standard InChI is InChI=1S/C20H22N4O2/c25-24(26)20-11-5-4-9-19(20)10-6-12-21-23-15-13-22(14-16-23)17-18-7-2-1-3-8-18/h1-12H,13-17H2/b10-6+,21-12-. The number of nitrogens with zero attached hydrogens (tertiary/aromatic N) is 4. The van der Waals surface area contributed by atoms with Crippen LogP contribution in [0.3, 0.4) is 0 Å². The molecule has 134 valence electrons. The van der Waals surface area contributed by atoms with Gasteiger partial charge in [-0.05, 0) is 23.8 Å². The number of benzene rings is 2. The van der Waals surface area contributed by atoms with Gasteiger partial charge >= 0.3 is 0 Å². The van der Waals surface area contributed by atoms with Gasteiger partial charge in [0.15, 0.2) is 0 Å². The normalized spacial score (nSPS) is 15.8. The highest BCUT2D eigenvalue weighted by molar-refractivity contribution is 5.79. The molecule has 0 N–H and O–H groups in total. The summed E-state index contributed by atoms with van der Waals surface area (Å²) in [6, 6.07) is 17.2. The van der Waals surface area contributed by atoms with Crippen molar-refractivity contribution in [3.05, 3.63) is 81.9 Å². The Labute approximate surface area is 153 Å². The van der Waals surface area contributed by atoms with E-state index in [0.29, 0.717) is 5.56 Å². The van der Waals surface area contributed by atoms with E-state index < -0.39 is 0 Å². The Morgan fingerprint density at radius 3 is 2.42 bits per heavy atom. The smallest absolute Gasteiger partial charge is 0.276 e. The van der Waals surface area contributed by atoms with E-state index in [4.69, 9.17) is 0 Å². The van der Waals surface area contributed by atoms with E-state index in [0.717, 1.165) is 32.7 Å². The van der Waals surface area contributed by atoms with Gasteiger partial charge in [-0.1, -0.05) is 42.5 Å². The molecule has 2 aromatic rings. The van der Waals surface area contributed by atoms with Gasteiger partial charge in [0.1, 0.15) is 0 Å². The maximum Gasteiger partial charge on any atom is 0.276 e. The number of piperazine rings is 1. The molecule has 0 saturated carbocycles. The molecule has 1 aliphatic rings. The first-order valence-electron chi connectivity index (χ1n) is 8.68. The molecule has 0 spiro atoms. The van der Waals surface area contributed by atoms with Crippen molar-refractivity contribution in [2.75, 3.05) is 26.2 Å². The SMILES string of the molecule is O=[N+]([O-])c1ccccc1/C=C/C=N\N1CCN(Cc2ccccc2)CC1. The Bertz CT molecular complexity index is 781. The fourth-order valence-corrected chi connectivity index (χ4v) is 2.93. The third-order valence-corrected chi connectivity index (χ3v) is 4.32. The third kappa shape index (κ3) is 5.00. The third-order valence-electron chi connectivity index (χ3n) is 4.32. The minimum atomic E-state index is -0.372. The summed E-state index contributed by atoms with van der Waals surface area (Å²) < 4.78 is 0. The van der Waals surface area contributed by atoms with Crippen LogP contribution in [0, 0.1) is 10.1 Å². The van der Waals surface area contributed by atoms with Crippen LogP contribution in [0.5, 0.6) is 0 Å². The molecular formula is C20H22N4O2. The summed E-state index contributed by atoms with van der Waals surface area (Å²) in [5.74, 6) is 0. The quantitative estimate of drug-likeness (QED) is 0.455. The van der Waals surface area contributed by atoms with Crippen LogP contribution in [0.1, 0.15) is 11.1 Å². The van der Waals surface area contributed by atoms with Gasteiger partial charge in [0.05, 0.1) is 10.5 Å². The Kier molecular flexibility index (Phi) is 6.11. The summed E-state index contributed by atoms with van der Waals surface area (Å²) in [6.07, 6.45) is 5.16. The number of hydrazone groups is 1. The monoisotopic (exact) mass is 350 g/mol. The van der Waals surface area contributed by atoms with Crippen molar-refractivity contribution in [2.24, 2.45) is 5.10 Å². The summed E-state index contributed by atoms with van der Waals surface area (Å²) in [6.45, 7) is 4.67. The lowest BCUT2D eigenvalue weighted by atomic mass is 10.1. The topological polar surface area (TPSA) is 62.0 Å². The van der Waals surface area contributed by atoms with Gasteiger partial charge in [-0.3, -0.25) is 20.0 Å². The summed E-state index contributed by atoms with van der Waals surface area (Å²) in [7, 11) is 0. The number of rotatable bonds is 6. The van der Waals surface area contributed by atoms with Crippen LogP contribution in [-0.4, -0.2) is 47.2 Å². The zero-order valence-corrected chi connectivity index (χ0v) is 14.6. The van der Waals surface area contributed by atoms with Crippen LogP contribution in [0.4, 0.5) is 5.69 Å². The van der Waals surface area contributed by atoms with Gasteiger partial charge in [-0.2, -0.15) is 5.10 Å². The molecule has 26 heavy (non-hydrogen) atoms. The van der Waals surface area contributed by atoms with Crippen LogP contribution in [0.2, 0.25) is 0 Å². The van der Waals surface area contributed by atoms with E-state index in [1.807, 2.05) is 11.1 Å². The summed E-state index contributed by atoms with van der Waals surface area (Å²) in [5.41, 5.74) is 2.01. The second-order valence-electron chi connectivity index (χ2n) is 6.15. The number of allylic oxidation sites excluding steroid dienone is 1. The van der Waals surface area contributed by atoms with E-state index >= 15 is 0 Å². The summed E-state index contributed by atoms with van der Waals surface area (Å²) in [5, 5.41) is 17.5. The van der Waals surface area contributed by atoms with Crippen molar-refractivity contribution in [1.29, 1.82) is 0 Å². The zero-order valence-electron chi connectivity index (χ0n) is 14.6. The second-order valence-corrected chi connectivity index (χ2v) is 6.15. The molecule has 0 unspecified atom stereocenters. The van der Waals surface area contributed by atoms with E-state index in [2.05, 4.69) is 34.3 Å². The molecule has 0 aliphatic carbocycles. The van der Waals surface area contributed by atoms with Gasteiger partial charge < -0.3 is 0 Å². The fraction of sp³-hybridized carbons (Fsp3) is 0.250. The van der Waals surface area contributed by atoms with E-state index in [1.165, 1.54) is 11.6 Å². The highest BCUT2D eigenvalue weighted by Crippen LogP contribution is 2.18. The molecule has 0 atom stereocenters. The van der Waals surface area contributed by atoms with Crippen molar-refractivity contribution in [3.8, 4) is 0 Å². The first-order valence-corrected chi connectivity index (χ1v) is 8.68. The first-order chi connectivity index (χ1) is 12.7. The lowest BCUT2D eigenvalue weighted by Gasteiger charge is -2.32. The molecular weight excluding hydrogens is 328 g/mol. The molecule has 6 heteroatoms. The second kappa shape index (κ2) is 8.92. The van der Waals surface area contributed by atoms with E-state index in [9.17, 15) is 10.1 Å². The van der Waals surface area contributed by atoms with Gasteiger partial charge in [0.2, 0.25) is 0 Å². The lowest BCUT2D eigenvalue weighted by molar-refractivity contribution is -0.385. The minimum Gasteiger partial charge on any atom is -0.295 e. The molecule has 1 fully saturated rings. The maximum absolute atomic E-state index is 11.0. The average Bonchev–Trinajstić information content (AvgIpc) is 2.67. The fourth-order valence-electron chi connectivity index (χ4n) is 2.93. The van der Waals surface area contributed by atoms with Crippen molar-refractivity contribution in [3.63, 3.8) is 0 Å². The predicted molar refractivity (Wildman–Crippen MR) is 104 cm³/mol. The molecule has 1 heterocycles. The highest BCUT2D eigenvalue weighted by Gasteiger charge is 2.15. The molecule has 6 nitrogen and oxygen atoms in total. The minimum absolute atomic E-state index is 0.103. The number of para-hydroxylation sites is 1. The predicted octanol–water partition coefficient (Wildman–Crippen LogP) is 3.41. The Morgan fingerprint density at radius 2 is 1.69 bits per heavy atom. The maximum atomic E-state index is 11.0. The Morgan fingerprint density at radius 1 is 1.00 bits per heavy atom. The summed E-state index contributed by atoms with van der Waals surface area (Å²) in [4.78, 5) is 13.0. The Hall–Kier alpha value is -2.99. The molecule has 0 aromatic heterocycles. The lowest BCUT2D eigenvalue weighted by Crippen LogP contribution is -2.43. The Balaban J connectivity index is 1.48. The van der Waals surface area contributed by atoms with Crippen molar-refractivity contribution < 1.29 is 4.92 Å². The van der Waals surface area contributed by atoms with Crippen molar-refractivity contribution in [1.82, 2.24) is 9.91 Å². The average molecular weight is 350 g/mol. The number of nitro groups is 1. The first kappa shape index (κ1) is 17.8. The largest absolute Gasteiger partial charge is 0.295 e. The van der Waals surface area contributed by atoms with Crippen LogP contribution in [-0.2, 0) is 6.54 Å². The van der Waals surface area contributed by atoms with Gasteiger partial charge in [0, 0.05) is 45.0 Å². The number of hydrogen-bond donors (Lipinski definition) is 0. The molecule has 1 saturated heterocycles. The molecule has 3 rings (SSSR count). The molecule has 1 aliphatic heterocycles. The van der Waals surface area contributed by atoms with Crippen molar-refractivity contribution >= 4 is 18.0 Å². The van der Waals surface area contributed by atoms with Crippen LogP contribution in [0.15, 0.2) is 65.8 Å². The van der Waals surface area contributed by atoms with E-state index in [-0.39, 0.29) is 10.6 Å².